The molecule has 1 aliphatic rings. The standard InChI is InChI=1S/C19H16F2/c20-19(21)18-7-3-6-14-16-9-8-12-4-1-2-5-13(12)15(16)10-11-17(14)18/h1-2,4-5,8-11,18-19H,3,6-7H2. The van der Waals surface area contributed by atoms with Crippen molar-refractivity contribution in [2.75, 3.05) is 0 Å². The third-order valence-corrected chi connectivity index (χ3v) is 4.72. The Morgan fingerprint density at radius 1 is 0.857 bits per heavy atom. The van der Waals surface area contributed by atoms with Crippen LogP contribution >= 0.6 is 0 Å². The van der Waals surface area contributed by atoms with E-state index < -0.39 is 12.3 Å². The summed E-state index contributed by atoms with van der Waals surface area (Å²) in [7, 11) is 0. The fraction of sp³-hybridized carbons (Fsp3) is 0.263. The summed E-state index contributed by atoms with van der Waals surface area (Å²) in [5.74, 6) is -0.593. The molecule has 0 N–H and O–H groups in total. The van der Waals surface area contributed by atoms with Gasteiger partial charge in [0.05, 0.1) is 0 Å². The van der Waals surface area contributed by atoms with E-state index in [0.717, 1.165) is 29.4 Å². The summed E-state index contributed by atoms with van der Waals surface area (Å²) in [6.07, 6.45) is 0.105. The second-order valence-electron chi connectivity index (χ2n) is 5.85. The number of aryl methyl sites for hydroxylation is 1. The molecule has 1 aliphatic carbocycles. The van der Waals surface area contributed by atoms with Gasteiger partial charge < -0.3 is 0 Å². The number of hydrogen-bond donors (Lipinski definition) is 0. The van der Waals surface area contributed by atoms with Gasteiger partial charge >= 0.3 is 0 Å². The Morgan fingerprint density at radius 3 is 2.52 bits per heavy atom. The van der Waals surface area contributed by atoms with E-state index in [0.29, 0.717) is 6.42 Å². The van der Waals surface area contributed by atoms with Gasteiger partial charge in [-0.3, -0.25) is 0 Å². The SMILES string of the molecule is FC(F)C1CCCc2c1ccc1c2ccc2ccccc21. The molecule has 0 fully saturated rings. The van der Waals surface area contributed by atoms with Crippen LogP contribution < -0.4 is 0 Å². The van der Waals surface area contributed by atoms with E-state index in [1.807, 2.05) is 24.3 Å². The Hall–Kier alpha value is -1.96. The van der Waals surface area contributed by atoms with Crippen molar-refractivity contribution >= 4 is 21.5 Å². The van der Waals surface area contributed by atoms with E-state index in [1.54, 1.807) is 0 Å². The normalized spacial score (nSPS) is 18.3. The first-order chi connectivity index (χ1) is 10.3. The molecule has 0 heterocycles. The maximum Gasteiger partial charge on any atom is 0.245 e. The highest BCUT2D eigenvalue weighted by molar-refractivity contribution is 6.08. The Labute approximate surface area is 122 Å². The second kappa shape index (κ2) is 4.80. The van der Waals surface area contributed by atoms with Crippen LogP contribution in [0.15, 0.2) is 48.5 Å². The van der Waals surface area contributed by atoms with Gasteiger partial charge in [-0.15, -0.1) is 0 Å². The Morgan fingerprint density at radius 2 is 1.67 bits per heavy atom. The lowest BCUT2D eigenvalue weighted by Crippen LogP contribution is -2.16. The lowest BCUT2D eigenvalue weighted by molar-refractivity contribution is 0.106. The number of benzene rings is 3. The average Bonchev–Trinajstić information content (AvgIpc) is 2.53. The molecular weight excluding hydrogens is 266 g/mol. The summed E-state index contributed by atoms with van der Waals surface area (Å²) in [6, 6.07) is 16.4. The maximum absolute atomic E-state index is 13.3. The van der Waals surface area contributed by atoms with Crippen molar-refractivity contribution in [1.82, 2.24) is 0 Å². The summed E-state index contributed by atoms with van der Waals surface area (Å²) < 4.78 is 26.5. The molecular formula is C19H16F2. The van der Waals surface area contributed by atoms with Crippen molar-refractivity contribution in [3.63, 3.8) is 0 Å². The highest BCUT2D eigenvalue weighted by atomic mass is 19.3. The lowest BCUT2D eigenvalue weighted by Gasteiger charge is -2.26. The van der Waals surface area contributed by atoms with Crippen molar-refractivity contribution in [1.29, 1.82) is 0 Å². The van der Waals surface area contributed by atoms with E-state index in [2.05, 4.69) is 24.3 Å². The van der Waals surface area contributed by atoms with Crippen LogP contribution in [0.1, 0.15) is 29.9 Å². The van der Waals surface area contributed by atoms with Gasteiger partial charge in [0.1, 0.15) is 0 Å². The maximum atomic E-state index is 13.3. The van der Waals surface area contributed by atoms with E-state index in [1.165, 1.54) is 16.2 Å². The molecule has 1 unspecified atom stereocenters. The molecule has 1 atom stereocenters. The molecule has 0 nitrogen and oxygen atoms in total. The van der Waals surface area contributed by atoms with E-state index in [4.69, 9.17) is 0 Å². The second-order valence-corrected chi connectivity index (χ2v) is 5.85. The molecule has 0 saturated heterocycles. The molecule has 0 saturated carbocycles. The summed E-state index contributed by atoms with van der Waals surface area (Å²) in [6.45, 7) is 0. The van der Waals surface area contributed by atoms with Crippen LogP contribution in [0.25, 0.3) is 21.5 Å². The van der Waals surface area contributed by atoms with Crippen LogP contribution in [0.4, 0.5) is 8.78 Å². The number of fused-ring (bicyclic) bond motifs is 5. The zero-order chi connectivity index (χ0) is 14.4. The minimum Gasteiger partial charge on any atom is -0.210 e. The fourth-order valence-electron chi connectivity index (χ4n) is 3.71. The number of halogens is 2. The molecule has 3 aromatic carbocycles. The van der Waals surface area contributed by atoms with Gasteiger partial charge in [0.15, 0.2) is 0 Å². The molecule has 0 radical (unpaired) electrons. The van der Waals surface area contributed by atoms with E-state index in [9.17, 15) is 8.78 Å². The van der Waals surface area contributed by atoms with Crippen molar-refractivity contribution in [2.45, 2.75) is 31.6 Å². The minimum atomic E-state index is -2.26. The molecule has 21 heavy (non-hydrogen) atoms. The molecule has 0 aliphatic heterocycles. The molecule has 106 valence electrons. The van der Waals surface area contributed by atoms with Crippen molar-refractivity contribution in [3.05, 3.63) is 59.7 Å². The van der Waals surface area contributed by atoms with E-state index in [-0.39, 0.29) is 0 Å². The zero-order valence-electron chi connectivity index (χ0n) is 11.7. The van der Waals surface area contributed by atoms with Crippen LogP contribution in [0.5, 0.6) is 0 Å². The smallest absolute Gasteiger partial charge is 0.210 e. The van der Waals surface area contributed by atoms with Crippen LogP contribution in [0.3, 0.4) is 0 Å². The van der Waals surface area contributed by atoms with Gasteiger partial charge in [0.2, 0.25) is 6.43 Å². The molecule has 4 rings (SSSR count). The highest BCUT2D eigenvalue weighted by Gasteiger charge is 2.28. The third kappa shape index (κ3) is 1.93. The quantitative estimate of drug-likeness (QED) is 0.504. The van der Waals surface area contributed by atoms with Crippen LogP contribution in [0.2, 0.25) is 0 Å². The van der Waals surface area contributed by atoms with Gasteiger partial charge in [-0.25, -0.2) is 8.78 Å². The Balaban J connectivity index is 2.04. The first-order valence-corrected chi connectivity index (χ1v) is 7.47. The molecule has 0 amide bonds. The largest absolute Gasteiger partial charge is 0.245 e. The first kappa shape index (κ1) is 12.8. The predicted molar refractivity (Wildman–Crippen MR) is 83.1 cm³/mol. The van der Waals surface area contributed by atoms with Gasteiger partial charge in [-0.05, 0) is 51.9 Å². The summed E-state index contributed by atoms with van der Waals surface area (Å²) in [5, 5.41) is 4.74. The van der Waals surface area contributed by atoms with Gasteiger partial charge in [-0.1, -0.05) is 48.5 Å². The molecule has 0 spiro atoms. The third-order valence-electron chi connectivity index (χ3n) is 4.72. The zero-order valence-corrected chi connectivity index (χ0v) is 11.7. The monoisotopic (exact) mass is 282 g/mol. The molecule has 0 bridgehead atoms. The van der Waals surface area contributed by atoms with Gasteiger partial charge in [-0.2, -0.15) is 0 Å². The van der Waals surface area contributed by atoms with Gasteiger partial charge in [0.25, 0.3) is 0 Å². The lowest BCUT2D eigenvalue weighted by atomic mass is 9.80. The van der Waals surface area contributed by atoms with Crippen LogP contribution in [0, 0.1) is 0 Å². The number of alkyl halides is 2. The first-order valence-electron chi connectivity index (χ1n) is 7.47. The summed E-state index contributed by atoms with van der Waals surface area (Å²) in [5.41, 5.74) is 1.99. The number of hydrogen-bond acceptors (Lipinski definition) is 0. The van der Waals surface area contributed by atoms with Crippen LogP contribution in [-0.4, -0.2) is 6.43 Å². The Bertz CT molecular complexity index is 820. The van der Waals surface area contributed by atoms with Crippen molar-refractivity contribution in [2.24, 2.45) is 0 Å². The topological polar surface area (TPSA) is 0 Å². The summed E-state index contributed by atoms with van der Waals surface area (Å²) >= 11 is 0. The number of rotatable bonds is 1. The highest BCUT2D eigenvalue weighted by Crippen LogP contribution is 2.40. The van der Waals surface area contributed by atoms with Crippen molar-refractivity contribution in [3.8, 4) is 0 Å². The summed E-state index contributed by atoms with van der Waals surface area (Å²) in [4.78, 5) is 0. The predicted octanol–water partition coefficient (Wildman–Crippen LogP) is 5.68. The van der Waals surface area contributed by atoms with Crippen molar-refractivity contribution < 1.29 is 8.78 Å². The molecule has 0 aromatic heterocycles. The fourth-order valence-corrected chi connectivity index (χ4v) is 3.71. The van der Waals surface area contributed by atoms with Gasteiger partial charge in [0, 0.05) is 5.92 Å². The van der Waals surface area contributed by atoms with E-state index >= 15 is 0 Å². The average molecular weight is 282 g/mol. The minimum absolute atomic E-state index is 0.593. The molecule has 2 heteroatoms. The molecule has 3 aromatic rings. The van der Waals surface area contributed by atoms with Crippen LogP contribution in [-0.2, 0) is 6.42 Å². The Kier molecular flexibility index (Phi) is 2.91.